The minimum Gasteiger partial charge on any atom is -0.319 e. The molecule has 0 atom stereocenters. The first-order valence-electron chi connectivity index (χ1n) is 6.24. The topological polar surface area (TPSA) is 52.9 Å². The number of carbonyl (C=O) groups excluding carboxylic acids is 1. The molecule has 0 spiro atoms. The molecule has 2 aromatic rings. The number of halogens is 4. The third-order valence-corrected chi connectivity index (χ3v) is 3.95. The molecule has 116 valence electrons. The Bertz CT molecular complexity index is 826. The quantitative estimate of drug-likeness (QED) is 0.537. The molecule has 0 unspecified atom stereocenters. The average molecular weight is 414 g/mol. The number of anilines is 1. The zero-order valence-corrected chi connectivity index (χ0v) is 14.5. The van der Waals surface area contributed by atoms with Gasteiger partial charge in [-0.2, -0.15) is 5.26 Å². The van der Waals surface area contributed by atoms with Gasteiger partial charge in [0.15, 0.2) is 0 Å². The SMILES string of the molecule is N#C/C(=C\c1cc(Br)ccc1F)C(=O)Nc1c(Cl)cccc1Cl. The lowest BCUT2D eigenvalue weighted by Crippen LogP contribution is -2.14. The minimum atomic E-state index is -0.734. The first-order valence-corrected chi connectivity index (χ1v) is 7.79. The van der Waals surface area contributed by atoms with Crippen molar-refractivity contribution in [3.63, 3.8) is 0 Å². The normalized spacial score (nSPS) is 11.0. The van der Waals surface area contributed by atoms with Crippen molar-refractivity contribution in [3.8, 4) is 6.07 Å². The summed E-state index contributed by atoms with van der Waals surface area (Å²) in [5, 5.41) is 12.1. The van der Waals surface area contributed by atoms with Crippen molar-refractivity contribution in [2.45, 2.75) is 0 Å². The minimum absolute atomic E-state index is 0.108. The first-order chi connectivity index (χ1) is 10.9. The maximum absolute atomic E-state index is 13.7. The molecule has 0 bridgehead atoms. The third kappa shape index (κ3) is 4.32. The number of hydrogen-bond donors (Lipinski definition) is 1. The maximum Gasteiger partial charge on any atom is 0.266 e. The van der Waals surface area contributed by atoms with E-state index in [9.17, 15) is 9.18 Å². The second kappa shape index (κ2) is 7.60. The molecule has 0 aliphatic heterocycles. The largest absolute Gasteiger partial charge is 0.319 e. The molecule has 0 radical (unpaired) electrons. The number of hydrogen-bond acceptors (Lipinski definition) is 2. The number of carbonyl (C=O) groups is 1. The molecule has 0 aliphatic carbocycles. The van der Waals surface area contributed by atoms with Gasteiger partial charge in [0.1, 0.15) is 17.5 Å². The van der Waals surface area contributed by atoms with Crippen LogP contribution in [0.3, 0.4) is 0 Å². The van der Waals surface area contributed by atoms with Gasteiger partial charge in [0.2, 0.25) is 0 Å². The van der Waals surface area contributed by atoms with E-state index < -0.39 is 11.7 Å². The van der Waals surface area contributed by atoms with Gasteiger partial charge in [-0.15, -0.1) is 0 Å². The Kier molecular flexibility index (Phi) is 5.78. The lowest BCUT2D eigenvalue weighted by atomic mass is 10.1. The van der Waals surface area contributed by atoms with Crippen LogP contribution in [0.4, 0.5) is 10.1 Å². The van der Waals surface area contributed by atoms with Gasteiger partial charge in [-0.1, -0.05) is 45.2 Å². The van der Waals surface area contributed by atoms with E-state index in [4.69, 9.17) is 28.5 Å². The van der Waals surface area contributed by atoms with Crippen molar-refractivity contribution in [2.75, 3.05) is 5.32 Å². The van der Waals surface area contributed by atoms with E-state index in [-0.39, 0.29) is 26.9 Å². The molecule has 23 heavy (non-hydrogen) atoms. The average Bonchev–Trinajstić information content (AvgIpc) is 2.51. The van der Waals surface area contributed by atoms with E-state index in [1.165, 1.54) is 18.2 Å². The standard InChI is InChI=1S/C16H8BrCl2FN2O/c17-11-4-5-14(20)9(7-11)6-10(8-21)16(23)22-15-12(18)2-1-3-13(15)19/h1-7H,(H,22,23)/b10-6+. The van der Waals surface area contributed by atoms with Crippen LogP contribution in [-0.2, 0) is 4.79 Å². The summed E-state index contributed by atoms with van der Waals surface area (Å²) in [5.41, 5.74) is 0.0195. The molecule has 2 rings (SSSR count). The van der Waals surface area contributed by atoms with Crippen LogP contribution in [0, 0.1) is 17.1 Å². The monoisotopic (exact) mass is 412 g/mol. The number of nitriles is 1. The molecule has 1 amide bonds. The number of nitrogens with zero attached hydrogens (tertiary/aromatic N) is 1. The molecule has 3 nitrogen and oxygen atoms in total. The van der Waals surface area contributed by atoms with Gasteiger partial charge in [0.25, 0.3) is 5.91 Å². The van der Waals surface area contributed by atoms with Crippen molar-refractivity contribution in [3.05, 3.63) is 67.9 Å². The smallest absolute Gasteiger partial charge is 0.266 e. The Labute approximate surface area is 150 Å². The molecule has 0 aliphatic rings. The summed E-state index contributed by atoms with van der Waals surface area (Å²) in [6, 6.07) is 10.7. The van der Waals surface area contributed by atoms with E-state index in [0.29, 0.717) is 4.47 Å². The zero-order valence-electron chi connectivity index (χ0n) is 11.4. The summed E-state index contributed by atoms with van der Waals surface area (Å²) < 4.78 is 14.4. The molecule has 2 aromatic carbocycles. The summed E-state index contributed by atoms with van der Waals surface area (Å²) >= 11 is 15.1. The maximum atomic E-state index is 13.7. The number of amides is 1. The van der Waals surface area contributed by atoms with Crippen LogP contribution in [0.2, 0.25) is 10.0 Å². The Morgan fingerprint density at radius 2 is 1.91 bits per heavy atom. The van der Waals surface area contributed by atoms with E-state index >= 15 is 0 Å². The van der Waals surface area contributed by atoms with E-state index in [1.54, 1.807) is 24.3 Å². The van der Waals surface area contributed by atoms with Crippen molar-refractivity contribution in [1.82, 2.24) is 0 Å². The first kappa shape index (κ1) is 17.5. The van der Waals surface area contributed by atoms with Crippen LogP contribution >= 0.6 is 39.1 Å². The molecular weight excluding hydrogens is 406 g/mol. The lowest BCUT2D eigenvalue weighted by molar-refractivity contribution is -0.112. The van der Waals surface area contributed by atoms with Gasteiger partial charge < -0.3 is 5.32 Å². The van der Waals surface area contributed by atoms with Gasteiger partial charge in [-0.3, -0.25) is 4.79 Å². The molecular formula is C16H8BrCl2FN2O. The fourth-order valence-corrected chi connectivity index (χ4v) is 2.60. The summed E-state index contributed by atoms with van der Waals surface area (Å²) in [7, 11) is 0. The molecule has 0 saturated carbocycles. The summed E-state index contributed by atoms with van der Waals surface area (Å²) in [6.45, 7) is 0. The molecule has 0 heterocycles. The molecule has 0 fully saturated rings. The Morgan fingerprint density at radius 3 is 2.52 bits per heavy atom. The van der Waals surface area contributed by atoms with Crippen LogP contribution in [0.5, 0.6) is 0 Å². The lowest BCUT2D eigenvalue weighted by Gasteiger charge is -2.08. The van der Waals surface area contributed by atoms with Crippen LogP contribution in [0.15, 0.2) is 46.4 Å². The van der Waals surface area contributed by atoms with Crippen molar-refractivity contribution in [1.29, 1.82) is 5.26 Å². The molecule has 7 heteroatoms. The molecule has 0 saturated heterocycles. The Hall–Kier alpha value is -1.87. The van der Waals surface area contributed by atoms with Crippen molar-refractivity contribution in [2.24, 2.45) is 0 Å². The Balaban J connectivity index is 2.34. The zero-order chi connectivity index (χ0) is 17.0. The third-order valence-electron chi connectivity index (χ3n) is 2.82. The highest BCUT2D eigenvalue weighted by Gasteiger charge is 2.14. The molecule has 1 N–H and O–H groups in total. The van der Waals surface area contributed by atoms with Gasteiger partial charge in [-0.05, 0) is 36.4 Å². The van der Waals surface area contributed by atoms with Crippen molar-refractivity contribution < 1.29 is 9.18 Å². The Morgan fingerprint density at radius 1 is 1.26 bits per heavy atom. The number of para-hydroxylation sites is 1. The van der Waals surface area contributed by atoms with Crippen LogP contribution in [0.25, 0.3) is 6.08 Å². The van der Waals surface area contributed by atoms with Crippen LogP contribution < -0.4 is 5.32 Å². The van der Waals surface area contributed by atoms with Crippen molar-refractivity contribution >= 4 is 56.8 Å². The second-order valence-electron chi connectivity index (χ2n) is 4.39. The number of benzene rings is 2. The second-order valence-corrected chi connectivity index (χ2v) is 6.12. The predicted molar refractivity (Wildman–Crippen MR) is 92.8 cm³/mol. The van der Waals surface area contributed by atoms with E-state index in [2.05, 4.69) is 21.2 Å². The highest BCUT2D eigenvalue weighted by atomic mass is 79.9. The highest BCUT2D eigenvalue weighted by Crippen LogP contribution is 2.30. The highest BCUT2D eigenvalue weighted by molar-refractivity contribution is 9.10. The number of rotatable bonds is 3. The molecule has 0 aromatic heterocycles. The summed E-state index contributed by atoms with van der Waals surface area (Å²) in [4.78, 5) is 12.2. The fourth-order valence-electron chi connectivity index (χ4n) is 1.73. The summed E-state index contributed by atoms with van der Waals surface area (Å²) in [6.07, 6.45) is 1.15. The van der Waals surface area contributed by atoms with Crippen LogP contribution in [0.1, 0.15) is 5.56 Å². The fraction of sp³-hybridized carbons (Fsp3) is 0. The predicted octanol–water partition coefficient (Wildman–Crippen LogP) is 5.44. The van der Waals surface area contributed by atoms with Gasteiger partial charge in [0.05, 0.1) is 15.7 Å². The number of nitrogens with one attached hydrogen (secondary N) is 1. The van der Waals surface area contributed by atoms with Gasteiger partial charge in [0, 0.05) is 10.0 Å². The van der Waals surface area contributed by atoms with E-state index in [0.717, 1.165) is 6.08 Å². The van der Waals surface area contributed by atoms with E-state index in [1.807, 2.05) is 0 Å². The summed E-state index contributed by atoms with van der Waals surface area (Å²) in [5.74, 6) is -1.29. The van der Waals surface area contributed by atoms with Gasteiger partial charge in [-0.25, -0.2) is 4.39 Å². The van der Waals surface area contributed by atoms with Gasteiger partial charge >= 0.3 is 0 Å². The van der Waals surface area contributed by atoms with Crippen LogP contribution in [-0.4, -0.2) is 5.91 Å².